The van der Waals surface area contributed by atoms with Crippen LogP contribution in [0.15, 0.2) is 12.1 Å². The first-order valence-corrected chi connectivity index (χ1v) is 6.09. The topological polar surface area (TPSA) is 50.9 Å². The van der Waals surface area contributed by atoms with E-state index in [0.29, 0.717) is 12.5 Å². The van der Waals surface area contributed by atoms with Gasteiger partial charge in [0.25, 0.3) is 0 Å². The Kier molecular flexibility index (Phi) is 5.26. The lowest BCUT2D eigenvalue weighted by Crippen LogP contribution is -2.11. The molecule has 1 heterocycles. The first-order valence-electron chi connectivity index (χ1n) is 6.09. The van der Waals surface area contributed by atoms with Crippen molar-refractivity contribution in [3.05, 3.63) is 23.4 Å². The molecular formula is C13H23N3. The van der Waals surface area contributed by atoms with Crippen molar-refractivity contribution in [2.75, 3.05) is 11.9 Å². The maximum atomic E-state index is 5.68. The number of rotatable bonds is 6. The average molecular weight is 221 g/mol. The molecule has 90 valence electrons. The van der Waals surface area contributed by atoms with Crippen LogP contribution in [0.25, 0.3) is 0 Å². The SMILES string of the molecule is CCCc1cc(CN)cc(NCC(C)C)n1. The van der Waals surface area contributed by atoms with E-state index >= 15 is 0 Å². The van der Waals surface area contributed by atoms with Gasteiger partial charge < -0.3 is 11.1 Å². The fraction of sp³-hybridized carbons (Fsp3) is 0.615. The zero-order chi connectivity index (χ0) is 12.0. The molecule has 1 rings (SSSR count). The molecule has 1 aromatic rings. The van der Waals surface area contributed by atoms with E-state index in [2.05, 4.69) is 37.1 Å². The van der Waals surface area contributed by atoms with Gasteiger partial charge in [-0.05, 0) is 30.0 Å². The van der Waals surface area contributed by atoms with Crippen LogP contribution >= 0.6 is 0 Å². The second-order valence-corrected chi connectivity index (χ2v) is 4.58. The Morgan fingerprint density at radius 3 is 2.69 bits per heavy atom. The van der Waals surface area contributed by atoms with Crippen molar-refractivity contribution < 1.29 is 0 Å². The van der Waals surface area contributed by atoms with Gasteiger partial charge in [0.1, 0.15) is 5.82 Å². The minimum atomic E-state index is 0.579. The largest absolute Gasteiger partial charge is 0.370 e. The minimum Gasteiger partial charge on any atom is -0.370 e. The molecule has 0 fully saturated rings. The van der Waals surface area contributed by atoms with E-state index in [1.165, 1.54) is 0 Å². The molecule has 0 atom stereocenters. The molecule has 0 aromatic carbocycles. The van der Waals surface area contributed by atoms with Crippen LogP contribution in [0.3, 0.4) is 0 Å². The predicted octanol–water partition coefficient (Wildman–Crippen LogP) is 2.56. The Labute approximate surface area is 98.5 Å². The molecule has 0 saturated heterocycles. The van der Waals surface area contributed by atoms with Crippen LogP contribution in [-0.4, -0.2) is 11.5 Å². The van der Waals surface area contributed by atoms with E-state index in [4.69, 9.17) is 5.73 Å². The smallest absolute Gasteiger partial charge is 0.126 e. The lowest BCUT2D eigenvalue weighted by Gasteiger charge is -2.11. The van der Waals surface area contributed by atoms with Gasteiger partial charge in [0.15, 0.2) is 0 Å². The van der Waals surface area contributed by atoms with Gasteiger partial charge in [-0.3, -0.25) is 0 Å². The molecule has 0 unspecified atom stereocenters. The number of aryl methyl sites for hydroxylation is 1. The average Bonchev–Trinajstić information content (AvgIpc) is 2.26. The van der Waals surface area contributed by atoms with Gasteiger partial charge in [0, 0.05) is 18.8 Å². The molecule has 0 bridgehead atoms. The third kappa shape index (κ3) is 4.19. The second kappa shape index (κ2) is 6.48. The molecule has 3 heteroatoms. The summed E-state index contributed by atoms with van der Waals surface area (Å²) in [6.45, 7) is 8.07. The van der Waals surface area contributed by atoms with Crippen LogP contribution in [-0.2, 0) is 13.0 Å². The predicted molar refractivity (Wildman–Crippen MR) is 69.5 cm³/mol. The molecule has 3 nitrogen and oxygen atoms in total. The highest BCUT2D eigenvalue weighted by Crippen LogP contribution is 2.12. The lowest BCUT2D eigenvalue weighted by atomic mass is 10.1. The number of hydrogen-bond donors (Lipinski definition) is 2. The van der Waals surface area contributed by atoms with E-state index in [9.17, 15) is 0 Å². The Balaban J connectivity index is 2.77. The molecule has 0 radical (unpaired) electrons. The quantitative estimate of drug-likeness (QED) is 0.776. The number of hydrogen-bond acceptors (Lipinski definition) is 3. The summed E-state index contributed by atoms with van der Waals surface area (Å²) in [5.74, 6) is 1.58. The van der Waals surface area contributed by atoms with E-state index in [0.717, 1.165) is 36.5 Å². The third-order valence-corrected chi connectivity index (χ3v) is 2.37. The number of pyridine rings is 1. The highest BCUT2D eigenvalue weighted by Gasteiger charge is 2.02. The van der Waals surface area contributed by atoms with Gasteiger partial charge >= 0.3 is 0 Å². The van der Waals surface area contributed by atoms with Gasteiger partial charge in [-0.2, -0.15) is 0 Å². The van der Waals surface area contributed by atoms with Crippen molar-refractivity contribution in [2.24, 2.45) is 11.7 Å². The molecule has 0 aliphatic heterocycles. The van der Waals surface area contributed by atoms with Gasteiger partial charge in [-0.25, -0.2) is 4.98 Å². The van der Waals surface area contributed by atoms with Crippen LogP contribution in [0, 0.1) is 5.92 Å². The van der Waals surface area contributed by atoms with Gasteiger partial charge in [-0.1, -0.05) is 27.2 Å². The van der Waals surface area contributed by atoms with E-state index in [-0.39, 0.29) is 0 Å². The van der Waals surface area contributed by atoms with Crippen molar-refractivity contribution in [1.29, 1.82) is 0 Å². The van der Waals surface area contributed by atoms with Crippen LogP contribution in [0.4, 0.5) is 5.82 Å². The normalized spacial score (nSPS) is 10.8. The monoisotopic (exact) mass is 221 g/mol. The van der Waals surface area contributed by atoms with E-state index < -0.39 is 0 Å². The van der Waals surface area contributed by atoms with Crippen molar-refractivity contribution in [1.82, 2.24) is 4.98 Å². The van der Waals surface area contributed by atoms with Crippen LogP contribution in [0.2, 0.25) is 0 Å². The number of aromatic nitrogens is 1. The van der Waals surface area contributed by atoms with Crippen LogP contribution < -0.4 is 11.1 Å². The van der Waals surface area contributed by atoms with Crippen LogP contribution in [0.1, 0.15) is 38.4 Å². The summed E-state index contributed by atoms with van der Waals surface area (Å²) in [6.07, 6.45) is 2.13. The first-order chi connectivity index (χ1) is 7.65. The Morgan fingerprint density at radius 2 is 2.12 bits per heavy atom. The summed E-state index contributed by atoms with van der Waals surface area (Å²) < 4.78 is 0. The summed E-state index contributed by atoms with van der Waals surface area (Å²) in [6, 6.07) is 4.14. The van der Waals surface area contributed by atoms with Gasteiger partial charge in [0.05, 0.1) is 0 Å². The molecule has 3 N–H and O–H groups in total. The first kappa shape index (κ1) is 13.0. The zero-order valence-corrected chi connectivity index (χ0v) is 10.6. The number of anilines is 1. The maximum Gasteiger partial charge on any atom is 0.126 e. The highest BCUT2D eigenvalue weighted by atomic mass is 15.0. The fourth-order valence-corrected chi connectivity index (χ4v) is 1.55. The van der Waals surface area contributed by atoms with Gasteiger partial charge in [0.2, 0.25) is 0 Å². The molecule has 0 aliphatic carbocycles. The van der Waals surface area contributed by atoms with Crippen LogP contribution in [0.5, 0.6) is 0 Å². The Hall–Kier alpha value is -1.09. The minimum absolute atomic E-state index is 0.579. The van der Waals surface area contributed by atoms with E-state index in [1.807, 2.05) is 6.07 Å². The maximum absolute atomic E-state index is 5.68. The second-order valence-electron chi connectivity index (χ2n) is 4.58. The molecule has 0 amide bonds. The summed E-state index contributed by atoms with van der Waals surface area (Å²) in [4.78, 5) is 4.58. The highest BCUT2D eigenvalue weighted by molar-refractivity contribution is 5.39. The third-order valence-electron chi connectivity index (χ3n) is 2.37. The lowest BCUT2D eigenvalue weighted by molar-refractivity contribution is 0.686. The number of nitrogens with two attached hydrogens (primary N) is 1. The van der Waals surface area contributed by atoms with Crippen molar-refractivity contribution in [3.8, 4) is 0 Å². The fourth-order valence-electron chi connectivity index (χ4n) is 1.55. The summed E-state index contributed by atoms with van der Waals surface area (Å²) >= 11 is 0. The molecule has 0 aliphatic rings. The van der Waals surface area contributed by atoms with E-state index in [1.54, 1.807) is 0 Å². The Bertz CT molecular complexity index is 321. The zero-order valence-electron chi connectivity index (χ0n) is 10.6. The van der Waals surface area contributed by atoms with Gasteiger partial charge in [-0.15, -0.1) is 0 Å². The van der Waals surface area contributed by atoms with Crippen molar-refractivity contribution in [2.45, 2.75) is 40.2 Å². The molecular weight excluding hydrogens is 198 g/mol. The van der Waals surface area contributed by atoms with Crippen molar-refractivity contribution >= 4 is 5.82 Å². The standard InChI is InChI=1S/C13H23N3/c1-4-5-12-6-11(8-14)7-13(16-12)15-9-10(2)3/h6-7,10H,4-5,8-9,14H2,1-3H3,(H,15,16). The molecule has 1 aromatic heterocycles. The Morgan fingerprint density at radius 1 is 1.38 bits per heavy atom. The molecule has 0 saturated carbocycles. The summed E-state index contributed by atoms with van der Waals surface area (Å²) in [5.41, 5.74) is 7.98. The number of nitrogens with one attached hydrogen (secondary N) is 1. The van der Waals surface area contributed by atoms with Crippen molar-refractivity contribution in [3.63, 3.8) is 0 Å². The molecule has 16 heavy (non-hydrogen) atoms. The summed E-state index contributed by atoms with van der Waals surface area (Å²) in [7, 11) is 0. The molecule has 0 spiro atoms. The summed E-state index contributed by atoms with van der Waals surface area (Å²) in [5, 5.41) is 3.35. The number of nitrogens with zero attached hydrogens (tertiary/aromatic N) is 1.